The molecule has 0 spiro atoms. The van der Waals surface area contributed by atoms with Crippen LogP contribution >= 0.6 is 23.1 Å². The molecule has 3 aromatic rings. The van der Waals surface area contributed by atoms with Crippen molar-refractivity contribution in [2.45, 2.75) is 59.2 Å². The minimum Gasteiger partial charge on any atom is -0.337 e. The number of aryl methyl sites for hydroxylation is 3. The van der Waals surface area contributed by atoms with Gasteiger partial charge in [-0.15, -0.1) is 11.3 Å². The predicted molar refractivity (Wildman–Crippen MR) is 132 cm³/mol. The van der Waals surface area contributed by atoms with Crippen LogP contribution in [0.3, 0.4) is 0 Å². The van der Waals surface area contributed by atoms with Crippen LogP contribution in [0.4, 0.5) is 0 Å². The van der Waals surface area contributed by atoms with Crippen LogP contribution in [-0.4, -0.2) is 26.8 Å². The van der Waals surface area contributed by atoms with Gasteiger partial charge in [0.1, 0.15) is 10.4 Å². The Balaban J connectivity index is 2.08. The maximum atomic E-state index is 13.6. The lowest BCUT2D eigenvalue weighted by atomic mass is 9.90. The molecular weight excluding hydrogens is 440 g/mol. The number of nitrogens with zero attached hydrogens (tertiary/aromatic N) is 3. The van der Waals surface area contributed by atoms with Crippen molar-refractivity contribution in [1.82, 2.24) is 14.9 Å². The standard InChI is InChI=1S/C24H28N4O2S2/c1-13(2)24(7,12-25)27-19(29)11-31-23-26-21-20(16(5)17(6)32-21)22(30)28(23)18-10-8-9-14(3)15(18)4/h8-10,13H,11H2,1-7H3,(H,27,29). The number of nitriles is 1. The molecule has 1 amide bonds. The van der Waals surface area contributed by atoms with E-state index in [1.807, 2.05) is 59.7 Å². The Hall–Kier alpha value is -2.63. The van der Waals surface area contributed by atoms with Gasteiger partial charge in [-0.3, -0.25) is 14.2 Å². The Bertz CT molecular complexity index is 1300. The van der Waals surface area contributed by atoms with Crippen molar-refractivity contribution in [2.24, 2.45) is 5.92 Å². The average molecular weight is 469 g/mol. The van der Waals surface area contributed by atoms with Gasteiger partial charge in [-0.1, -0.05) is 37.7 Å². The number of thioether (sulfide) groups is 1. The molecule has 2 heterocycles. The molecule has 0 fully saturated rings. The lowest BCUT2D eigenvalue weighted by Gasteiger charge is -2.27. The second kappa shape index (κ2) is 9.08. The zero-order chi connectivity index (χ0) is 23.8. The molecule has 8 heteroatoms. The van der Waals surface area contributed by atoms with Gasteiger partial charge in [0, 0.05) is 4.88 Å². The number of nitrogens with one attached hydrogen (secondary N) is 1. The van der Waals surface area contributed by atoms with E-state index in [0.717, 1.165) is 27.3 Å². The summed E-state index contributed by atoms with van der Waals surface area (Å²) >= 11 is 2.70. The Labute approximate surface area is 196 Å². The first-order valence-electron chi connectivity index (χ1n) is 10.4. The van der Waals surface area contributed by atoms with Gasteiger partial charge < -0.3 is 5.32 Å². The van der Waals surface area contributed by atoms with Gasteiger partial charge in [0.15, 0.2) is 5.16 Å². The molecule has 0 aliphatic rings. The van der Waals surface area contributed by atoms with Crippen molar-refractivity contribution < 1.29 is 4.79 Å². The number of rotatable bonds is 6. The molecule has 0 aliphatic heterocycles. The average Bonchev–Trinajstić information content (AvgIpc) is 3.02. The molecule has 3 rings (SSSR count). The summed E-state index contributed by atoms with van der Waals surface area (Å²) in [4.78, 5) is 32.8. The number of hydrogen-bond acceptors (Lipinski definition) is 6. The van der Waals surface area contributed by atoms with Crippen LogP contribution in [0, 0.1) is 44.9 Å². The van der Waals surface area contributed by atoms with Crippen molar-refractivity contribution in [3.63, 3.8) is 0 Å². The second-order valence-electron chi connectivity index (χ2n) is 8.52. The minimum absolute atomic E-state index is 0.0406. The van der Waals surface area contributed by atoms with Crippen molar-refractivity contribution in [3.8, 4) is 11.8 Å². The van der Waals surface area contributed by atoms with E-state index in [1.54, 1.807) is 11.5 Å². The van der Waals surface area contributed by atoms with E-state index in [2.05, 4.69) is 11.4 Å². The molecule has 32 heavy (non-hydrogen) atoms. The first kappa shape index (κ1) is 24.0. The van der Waals surface area contributed by atoms with Crippen molar-refractivity contribution >= 4 is 39.2 Å². The second-order valence-corrected chi connectivity index (χ2v) is 10.7. The Morgan fingerprint density at radius 2 is 1.97 bits per heavy atom. The third-order valence-corrected chi connectivity index (χ3v) is 8.15. The highest BCUT2D eigenvalue weighted by Gasteiger charge is 2.30. The highest BCUT2D eigenvalue weighted by atomic mass is 32.2. The molecule has 1 aromatic carbocycles. The summed E-state index contributed by atoms with van der Waals surface area (Å²) in [5.74, 6) is -0.259. The van der Waals surface area contributed by atoms with Crippen LogP contribution in [0.5, 0.6) is 0 Å². The third kappa shape index (κ3) is 4.32. The molecule has 1 N–H and O–H groups in total. The van der Waals surface area contributed by atoms with Gasteiger partial charge in [0.25, 0.3) is 5.56 Å². The Morgan fingerprint density at radius 3 is 2.59 bits per heavy atom. The van der Waals surface area contributed by atoms with Gasteiger partial charge in [-0.25, -0.2) is 4.98 Å². The summed E-state index contributed by atoms with van der Waals surface area (Å²) in [6, 6.07) is 8.02. The zero-order valence-corrected chi connectivity index (χ0v) is 21.1. The van der Waals surface area contributed by atoms with E-state index < -0.39 is 5.54 Å². The summed E-state index contributed by atoms with van der Waals surface area (Å²) in [5.41, 5.74) is 2.69. The summed E-state index contributed by atoms with van der Waals surface area (Å²) in [6.45, 7) is 13.4. The number of carbonyl (C=O) groups is 1. The van der Waals surface area contributed by atoms with Gasteiger partial charge in [-0.2, -0.15) is 5.26 Å². The summed E-state index contributed by atoms with van der Waals surface area (Å²) < 4.78 is 1.62. The fourth-order valence-corrected chi connectivity index (χ4v) is 5.20. The fourth-order valence-electron chi connectivity index (χ4n) is 3.32. The quantitative estimate of drug-likeness (QED) is 0.414. The van der Waals surface area contributed by atoms with E-state index in [1.165, 1.54) is 23.1 Å². The largest absolute Gasteiger partial charge is 0.337 e. The van der Waals surface area contributed by atoms with Crippen molar-refractivity contribution in [2.75, 3.05) is 5.75 Å². The van der Waals surface area contributed by atoms with Gasteiger partial charge in [0.2, 0.25) is 5.91 Å². The Morgan fingerprint density at radius 1 is 1.28 bits per heavy atom. The minimum atomic E-state index is -0.955. The van der Waals surface area contributed by atoms with Crippen LogP contribution < -0.4 is 10.9 Å². The lowest BCUT2D eigenvalue weighted by molar-refractivity contribution is -0.120. The fraction of sp³-hybridized carbons (Fsp3) is 0.417. The normalized spacial score (nSPS) is 13.2. The van der Waals surface area contributed by atoms with E-state index in [-0.39, 0.29) is 23.1 Å². The van der Waals surface area contributed by atoms with Crippen LogP contribution in [0.1, 0.15) is 42.3 Å². The monoisotopic (exact) mass is 468 g/mol. The number of hydrogen-bond donors (Lipinski definition) is 1. The van der Waals surface area contributed by atoms with E-state index >= 15 is 0 Å². The van der Waals surface area contributed by atoms with E-state index in [9.17, 15) is 14.9 Å². The van der Waals surface area contributed by atoms with Crippen LogP contribution in [0.25, 0.3) is 15.9 Å². The molecule has 1 unspecified atom stereocenters. The third-order valence-electron chi connectivity index (χ3n) is 6.11. The van der Waals surface area contributed by atoms with Crippen LogP contribution in [0.2, 0.25) is 0 Å². The lowest BCUT2D eigenvalue weighted by Crippen LogP contribution is -2.49. The predicted octanol–water partition coefficient (Wildman–Crippen LogP) is 4.83. The summed E-state index contributed by atoms with van der Waals surface area (Å²) in [6.07, 6.45) is 0. The zero-order valence-electron chi connectivity index (χ0n) is 19.5. The first-order chi connectivity index (χ1) is 15.0. The van der Waals surface area contributed by atoms with Gasteiger partial charge in [0.05, 0.1) is 22.9 Å². The van der Waals surface area contributed by atoms with Crippen LogP contribution in [0.15, 0.2) is 28.2 Å². The summed E-state index contributed by atoms with van der Waals surface area (Å²) in [7, 11) is 0. The number of benzene rings is 1. The first-order valence-corrected chi connectivity index (χ1v) is 12.2. The number of fused-ring (bicyclic) bond motifs is 1. The maximum absolute atomic E-state index is 13.6. The molecule has 2 aromatic heterocycles. The SMILES string of the molecule is Cc1cccc(-n2c(SCC(=O)NC(C)(C#N)C(C)C)nc3sc(C)c(C)c3c2=O)c1C. The molecule has 6 nitrogen and oxygen atoms in total. The molecule has 0 radical (unpaired) electrons. The van der Waals surface area contributed by atoms with Crippen molar-refractivity contribution in [3.05, 3.63) is 50.1 Å². The molecular formula is C24H28N4O2S2. The number of carbonyl (C=O) groups excluding carboxylic acids is 1. The number of thiophene rings is 1. The summed E-state index contributed by atoms with van der Waals surface area (Å²) in [5, 5.41) is 13.4. The van der Waals surface area contributed by atoms with Crippen molar-refractivity contribution in [1.29, 1.82) is 5.26 Å². The molecule has 1 atom stereocenters. The maximum Gasteiger partial charge on any atom is 0.267 e. The smallest absolute Gasteiger partial charge is 0.267 e. The number of aromatic nitrogens is 2. The van der Waals surface area contributed by atoms with Crippen LogP contribution in [-0.2, 0) is 4.79 Å². The molecule has 168 valence electrons. The Kier molecular flexibility index (Phi) is 6.82. The van der Waals surface area contributed by atoms with E-state index in [4.69, 9.17) is 4.98 Å². The van der Waals surface area contributed by atoms with E-state index in [0.29, 0.717) is 15.4 Å². The van der Waals surface area contributed by atoms with Gasteiger partial charge in [-0.05, 0) is 63.3 Å². The molecule has 0 aliphatic carbocycles. The molecule has 0 saturated heterocycles. The number of amides is 1. The molecule has 0 bridgehead atoms. The highest BCUT2D eigenvalue weighted by molar-refractivity contribution is 7.99. The highest BCUT2D eigenvalue weighted by Crippen LogP contribution is 2.30. The topological polar surface area (TPSA) is 87.8 Å². The van der Waals surface area contributed by atoms with Gasteiger partial charge >= 0.3 is 0 Å². The molecule has 0 saturated carbocycles.